The van der Waals surface area contributed by atoms with Crippen LogP contribution in [-0.4, -0.2) is 87.3 Å². The number of aliphatic hydroxyl groups is 5. The van der Waals surface area contributed by atoms with Gasteiger partial charge in [-0.25, -0.2) is 0 Å². The average molecular weight is 576 g/mol. The Morgan fingerprint density at radius 2 is 1.83 bits per heavy atom. The fraction of sp³-hybridized carbons (Fsp3) is 0.909. The van der Waals surface area contributed by atoms with Crippen LogP contribution in [0, 0.1) is 46.3 Å². The van der Waals surface area contributed by atoms with Gasteiger partial charge in [0, 0.05) is 12.3 Å². The summed E-state index contributed by atoms with van der Waals surface area (Å²) in [5, 5.41) is 51.9. The van der Waals surface area contributed by atoms with Crippen LogP contribution in [0.5, 0.6) is 0 Å². The molecule has 0 bridgehead atoms. The highest BCUT2D eigenvalue weighted by atomic mass is 16.7. The maximum atomic E-state index is 11.5. The van der Waals surface area contributed by atoms with Crippen LogP contribution in [0.3, 0.4) is 0 Å². The number of fused-ring (bicyclic) bond motifs is 5. The van der Waals surface area contributed by atoms with E-state index in [-0.39, 0.29) is 29.0 Å². The van der Waals surface area contributed by atoms with Crippen molar-refractivity contribution in [3.05, 3.63) is 11.6 Å². The van der Waals surface area contributed by atoms with Crippen molar-refractivity contribution in [1.29, 1.82) is 0 Å². The second-order valence-electron chi connectivity index (χ2n) is 15.1. The van der Waals surface area contributed by atoms with Gasteiger partial charge in [-0.05, 0) is 104 Å². The highest BCUT2D eigenvalue weighted by molar-refractivity contribution is 5.87. The molecule has 0 radical (unpaired) electrons. The van der Waals surface area contributed by atoms with Gasteiger partial charge >= 0.3 is 0 Å². The molecule has 8 heteroatoms. The van der Waals surface area contributed by atoms with E-state index in [4.69, 9.17) is 14.5 Å². The first-order chi connectivity index (χ1) is 19.5. The summed E-state index contributed by atoms with van der Waals surface area (Å²) in [7, 11) is 0. The van der Waals surface area contributed by atoms with Gasteiger partial charge in [-0.1, -0.05) is 39.3 Å². The highest BCUT2D eigenvalue weighted by Gasteiger charge is 2.62. The lowest BCUT2D eigenvalue weighted by molar-refractivity contribution is -0.313. The van der Waals surface area contributed by atoms with E-state index in [0.29, 0.717) is 29.6 Å². The van der Waals surface area contributed by atoms with Crippen molar-refractivity contribution in [2.75, 3.05) is 13.2 Å². The predicted octanol–water partition coefficient (Wildman–Crippen LogP) is 3.23. The number of ether oxygens (including phenoxy) is 2. The van der Waals surface area contributed by atoms with Gasteiger partial charge in [0.15, 0.2) is 6.29 Å². The Morgan fingerprint density at radius 1 is 1.05 bits per heavy atom. The van der Waals surface area contributed by atoms with Crippen molar-refractivity contribution in [3.8, 4) is 0 Å². The molecular formula is C33H53NO7. The van der Waals surface area contributed by atoms with E-state index in [1.54, 1.807) is 0 Å². The van der Waals surface area contributed by atoms with Crippen LogP contribution in [-0.2, 0) is 9.47 Å². The summed E-state index contributed by atoms with van der Waals surface area (Å²) < 4.78 is 11.8. The molecule has 6 rings (SSSR count). The largest absolute Gasteiger partial charge is 0.394 e. The smallest absolute Gasteiger partial charge is 0.186 e. The monoisotopic (exact) mass is 575 g/mol. The van der Waals surface area contributed by atoms with Gasteiger partial charge in [0.25, 0.3) is 0 Å². The number of aliphatic hydroxyl groups excluding tert-OH is 5. The van der Waals surface area contributed by atoms with Crippen LogP contribution in [0.1, 0.15) is 85.5 Å². The maximum Gasteiger partial charge on any atom is 0.186 e. The zero-order valence-electron chi connectivity index (χ0n) is 25.4. The van der Waals surface area contributed by atoms with Crippen molar-refractivity contribution in [2.45, 2.75) is 128 Å². The zero-order chi connectivity index (χ0) is 29.3. The Balaban J connectivity index is 1.16. The molecule has 0 amide bonds. The van der Waals surface area contributed by atoms with Crippen molar-refractivity contribution < 1.29 is 35.0 Å². The number of rotatable bonds is 5. The summed E-state index contributed by atoms with van der Waals surface area (Å²) in [6.07, 6.45) is 4.97. The Kier molecular flexibility index (Phi) is 8.27. The lowest BCUT2D eigenvalue weighted by atomic mass is 9.47. The molecule has 5 N–H and O–H groups in total. The Morgan fingerprint density at radius 3 is 2.54 bits per heavy atom. The van der Waals surface area contributed by atoms with Gasteiger partial charge in [0.05, 0.1) is 18.8 Å². The molecule has 1 saturated heterocycles. The third-order valence-electron chi connectivity index (χ3n) is 12.9. The summed E-state index contributed by atoms with van der Waals surface area (Å²) in [6, 6.07) is 0. The molecule has 4 aliphatic carbocycles. The Bertz CT molecular complexity index is 1030. The summed E-state index contributed by atoms with van der Waals surface area (Å²) >= 11 is 0. The van der Waals surface area contributed by atoms with E-state index in [1.165, 1.54) is 24.1 Å². The molecule has 0 aromatic rings. The third kappa shape index (κ3) is 4.98. The molecule has 2 aliphatic heterocycles. The van der Waals surface area contributed by atoms with Crippen LogP contribution in [0.4, 0.5) is 0 Å². The number of aliphatic imine (C=N–C) groups is 1. The maximum absolute atomic E-state index is 11.5. The van der Waals surface area contributed by atoms with Crippen LogP contribution >= 0.6 is 0 Å². The molecule has 41 heavy (non-hydrogen) atoms. The summed E-state index contributed by atoms with van der Waals surface area (Å²) in [5.74, 6) is 2.96. The Hall–Kier alpha value is -0.870. The molecule has 6 unspecified atom stereocenters. The number of nitrogens with zero attached hydrogens (tertiary/aromatic N) is 1. The molecule has 232 valence electrons. The van der Waals surface area contributed by atoms with Gasteiger partial charge in [-0.2, -0.15) is 0 Å². The van der Waals surface area contributed by atoms with Crippen LogP contribution in [0.25, 0.3) is 0 Å². The molecule has 0 spiro atoms. The van der Waals surface area contributed by atoms with Gasteiger partial charge in [0.1, 0.15) is 24.4 Å². The molecule has 3 saturated carbocycles. The topological polar surface area (TPSA) is 132 Å². The minimum absolute atomic E-state index is 0.0950. The average Bonchev–Trinajstić information content (AvgIpc) is 3.23. The standard InChI is InChI=1S/C33H53NO7/c1-17-5-8-24(34-15-17)18(2)27-25(36)14-23-21-7-6-19-13-20(9-11-32(19,3)22(21)10-12-33(23,27)4)40-31-30(39)29(38)28(37)26(16-35)41-31/h6,17-18,20-23,25-31,35-39H,5,7-16H2,1-4H3/t17?,18-,20+,21?,22?,23?,25-,26-,27?,28-,29+,30-,31?,32+,33+/m1/s1. The summed E-state index contributed by atoms with van der Waals surface area (Å²) in [6.45, 7) is 10.0. The highest BCUT2D eigenvalue weighted by Crippen LogP contribution is 2.67. The minimum atomic E-state index is -1.42. The van der Waals surface area contributed by atoms with E-state index in [1.807, 2.05) is 0 Å². The van der Waals surface area contributed by atoms with Crippen molar-refractivity contribution in [3.63, 3.8) is 0 Å². The number of hydrogen-bond acceptors (Lipinski definition) is 8. The first-order valence-corrected chi connectivity index (χ1v) is 16.3. The zero-order valence-corrected chi connectivity index (χ0v) is 25.4. The quantitative estimate of drug-likeness (QED) is 0.318. The van der Waals surface area contributed by atoms with E-state index >= 15 is 0 Å². The van der Waals surface area contributed by atoms with Crippen molar-refractivity contribution in [2.24, 2.45) is 51.3 Å². The number of hydrogen-bond donors (Lipinski definition) is 5. The second kappa shape index (κ2) is 11.2. The fourth-order valence-electron chi connectivity index (χ4n) is 10.5. The summed E-state index contributed by atoms with van der Waals surface area (Å²) in [4.78, 5) is 5.00. The number of allylic oxidation sites excluding steroid dienone is 1. The molecule has 4 fully saturated rings. The van der Waals surface area contributed by atoms with Crippen LogP contribution in [0.15, 0.2) is 16.6 Å². The first-order valence-electron chi connectivity index (χ1n) is 16.3. The molecule has 6 aliphatic rings. The molecule has 8 nitrogen and oxygen atoms in total. The predicted molar refractivity (Wildman–Crippen MR) is 155 cm³/mol. The lowest BCUT2D eigenvalue weighted by Gasteiger charge is -2.58. The van der Waals surface area contributed by atoms with Crippen molar-refractivity contribution >= 4 is 5.71 Å². The second-order valence-corrected chi connectivity index (χ2v) is 15.1. The molecule has 15 atom stereocenters. The SMILES string of the molecule is CC1CCC([C@@H](C)C2[C@H](O)CC3C4CC=C5C[C@@H](OC6O[C@H](CO)[C@@H](O)[C@H](O)[C@H]6O)CC[C@]5(C)C4CC[C@@]32C)=NC1. The minimum Gasteiger partial charge on any atom is -0.394 e. The third-order valence-corrected chi connectivity index (χ3v) is 12.9. The summed E-state index contributed by atoms with van der Waals surface area (Å²) in [5.41, 5.74) is 3.00. The van der Waals surface area contributed by atoms with Crippen LogP contribution < -0.4 is 0 Å². The first kappa shape index (κ1) is 30.2. The normalized spacial score (nSPS) is 52.5. The molecule has 2 heterocycles. The van der Waals surface area contributed by atoms with E-state index in [0.717, 1.165) is 51.5 Å². The van der Waals surface area contributed by atoms with Gasteiger partial charge in [0.2, 0.25) is 0 Å². The van der Waals surface area contributed by atoms with Gasteiger partial charge in [-0.3, -0.25) is 4.99 Å². The van der Waals surface area contributed by atoms with Gasteiger partial charge in [-0.15, -0.1) is 0 Å². The fourth-order valence-corrected chi connectivity index (χ4v) is 10.5. The van der Waals surface area contributed by atoms with Crippen LogP contribution in [0.2, 0.25) is 0 Å². The lowest BCUT2D eigenvalue weighted by Crippen LogP contribution is -2.60. The molecular weight excluding hydrogens is 522 g/mol. The van der Waals surface area contributed by atoms with E-state index < -0.39 is 37.3 Å². The Labute approximate surface area is 245 Å². The van der Waals surface area contributed by atoms with E-state index in [9.17, 15) is 25.5 Å². The molecule has 0 aromatic carbocycles. The van der Waals surface area contributed by atoms with Crippen molar-refractivity contribution in [1.82, 2.24) is 0 Å². The van der Waals surface area contributed by atoms with Gasteiger partial charge < -0.3 is 35.0 Å². The molecule has 0 aromatic heterocycles. The van der Waals surface area contributed by atoms with E-state index in [2.05, 4.69) is 33.8 Å².